The zero-order chi connectivity index (χ0) is 13.4. The molecular formula is C14H10Br2N2S. The highest BCUT2D eigenvalue weighted by Crippen LogP contribution is 2.37. The molecule has 2 heterocycles. The van der Waals surface area contributed by atoms with Crippen molar-refractivity contribution in [2.24, 2.45) is 5.73 Å². The maximum Gasteiger partial charge on any atom is 0.0843 e. The number of nitrogens with zero attached hydrogens (tertiary/aromatic N) is 1. The fourth-order valence-electron chi connectivity index (χ4n) is 1.97. The molecule has 0 fully saturated rings. The van der Waals surface area contributed by atoms with Crippen LogP contribution < -0.4 is 5.73 Å². The van der Waals surface area contributed by atoms with Crippen molar-refractivity contribution in [3.05, 3.63) is 61.3 Å². The first-order valence-electron chi connectivity index (χ1n) is 5.70. The molecule has 19 heavy (non-hydrogen) atoms. The molecule has 2 aromatic heterocycles. The van der Waals surface area contributed by atoms with Gasteiger partial charge in [-0.2, -0.15) is 0 Å². The second-order valence-corrected chi connectivity index (χ2v) is 7.46. The molecule has 0 spiro atoms. The number of benzene rings is 1. The Morgan fingerprint density at radius 3 is 2.74 bits per heavy atom. The average Bonchev–Trinajstić information content (AvgIpc) is 2.77. The molecule has 1 atom stereocenters. The summed E-state index contributed by atoms with van der Waals surface area (Å²) in [7, 11) is 0. The third-order valence-electron chi connectivity index (χ3n) is 2.96. The summed E-state index contributed by atoms with van der Waals surface area (Å²) >= 11 is 8.65. The fraction of sp³-hybridized carbons (Fsp3) is 0.0714. The number of pyridine rings is 1. The largest absolute Gasteiger partial charge is 0.320 e. The molecule has 0 amide bonds. The van der Waals surface area contributed by atoms with Gasteiger partial charge in [-0.1, -0.05) is 12.1 Å². The number of nitrogens with two attached hydrogens (primary N) is 1. The highest BCUT2D eigenvalue weighted by atomic mass is 79.9. The molecule has 0 aliphatic rings. The number of thiophene rings is 1. The Morgan fingerprint density at radius 2 is 2.00 bits per heavy atom. The Kier molecular flexibility index (Phi) is 3.71. The second-order valence-electron chi connectivity index (χ2n) is 4.20. The minimum atomic E-state index is -0.114. The Labute approximate surface area is 131 Å². The topological polar surface area (TPSA) is 38.9 Å². The van der Waals surface area contributed by atoms with E-state index >= 15 is 0 Å². The van der Waals surface area contributed by atoms with E-state index in [0.717, 1.165) is 29.6 Å². The lowest BCUT2D eigenvalue weighted by molar-refractivity contribution is 0.895. The van der Waals surface area contributed by atoms with Crippen LogP contribution in [-0.2, 0) is 0 Å². The van der Waals surface area contributed by atoms with Crippen molar-refractivity contribution in [2.45, 2.75) is 6.04 Å². The van der Waals surface area contributed by atoms with Crippen molar-refractivity contribution < 1.29 is 0 Å². The van der Waals surface area contributed by atoms with Gasteiger partial charge in [0.05, 0.1) is 15.3 Å². The summed E-state index contributed by atoms with van der Waals surface area (Å²) in [6.07, 6.45) is 1.80. The van der Waals surface area contributed by atoms with Gasteiger partial charge in [-0.25, -0.2) is 0 Å². The number of fused-ring (bicyclic) bond motifs is 1. The molecule has 0 aliphatic heterocycles. The SMILES string of the molecule is NC(c1ccc2ncccc2c1)c1cc(Br)c(Br)s1. The Bertz CT molecular complexity index is 720. The van der Waals surface area contributed by atoms with Crippen molar-refractivity contribution >= 4 is 54.1 Å². The lowest BCUT2D eigenvalue weighted by atomic mass is 10.0. The molecular weight excluding hydrogens is 388 g/mol. The van der Waals surface area contributed by atoms with E-state index in [4.69, 9.17) is 5.73 Å². The van der Waals surface area contributed by atoms with E-state index in [-0.39, 0.29) is 6.04 Å². The van der Waals surface area contributed by atoms with Gasteiger partial charge in [0, 0.05) is 20.9 Å². The van der Waals surface area contributed by atoms with Crippen LogP contribution in [0.5, 0.6) is 0 Å². The third-order valence-corrected chi connectivity index (χ3v) is 6.30. The first-order chi connectivity index (χ1) is 9.15. The number of aromatic nitrogens is 1. The number of rotatable bonds is 2. The van der Waals surface area contributed by atoms with E-state index in [9.17, 15) is 0 Å². The van der Waals surface area contributed by atoms with Crippen LogP contribution in [0.3, 0.4) is 0 Å². The van der Waals surface area contributed by atoms with E-state index in [0.29, 0.717) is 0 Å². The molecule has 0 saturated heterocycles. The zero-order valence-electron chi connectivity index (χ0n) is 9.81. The van der Waals surface area contributed by atoms with Gasteiger partial charge < -0.3 is 5.73 Å². The summed E-state index contributed by atoms with van der Waals surface area (Å²) in [5, 5.41) is 1.12. The van der Waals surface area contributed by atoms with Crippen molar-refractivity contribution in [1.29, 1.82) is 0 Å². The summed E-state index contributed by atoms with van der Waals surface area (Å²) in [4.78, 5) is 5.45. The molecule has 96 valence electrons. The van der Waals surface area contributed by atoms with Crippen LogP contribution in [0.4, 0.5) is 0 Å². The molecule has 5 heteroatoms. The summed E-state index contributed by atoms with van der Waals surface area (Å²) in [6, 6.07) is 12.1. The molecule has 1 unspecified atom stereocenters. The molecule has 1 aromatic carbocycles. The highest BCUT2D eigenvalue weighted by Gasteiger charge is 2.14. The Balaban J connectivity index is 2.03. The zero-order valence-corrected chi connectivity index (χ0v) is 13.8. The third kappa shape index (κ3) is 2.60. The minimum Gasteiger partial charge on any atom is -0.320 e. The fourth-order valence-corrected chi connectivity index (χ4v) is 4.09. The Hall–Kier alpha value is -0.750. The van der Waals surface area contributed by atoms with E-state index in [2.05, 4.69) is 55.0 Å². The van der Waals surface area contributed by atoms with Crippen molar-refractivity contribution in [1.82, 2.24) is 4.98 Å². The number of hydrogen-bond donors (Lipinski definition) is 1. The van der Waals surface area contributed by atoms with Gasteiger partial charge in [-0.15, -0.1) is 11.3 Å². The Morgan fingerprint density at radius 1 is 1.16 bits per heavy atom. The molecule has 3 rings (SSSR count). The van der Waals surface area contributed by atoms with Gasteiger partial charge in [0.15, 0.2) is 0 Å². The van der Waals surface area contributed by atoms with Gasteiger partial charge in [-0.3, -0.25) is 4.98 Å². The first kappa shape index (κ1) is 13.2. The van der Waals surface area contributed by atoms with E-state index in [1.165, 1.54) is 0 Å². The summed E-state index contributed by atoms with van der Waals surface area (Å²) in [6.45, 7) is 0. The monoisotopic (exact) mass is 396 g/mol. The average molecular weight is 398 g/mol. The lowest BCUT2D eigenvalue weighted by Crippen LogP contribution is -2.09. The maximum atomic E-state index is 6.34. The first-order valence-corrected chi connectivity index (χ1v) is 8.10. The summed E-state index contributed by atoms with van der Waals surface area (Å²) < 4.78 is 2.12. The van der Waals surface area contributed by atoms with Crippen LogP contribution in [-0.4, -0.2) is 4.98 Å². The van der Waals surface area contributed by atoms with Crippen LogP contribution in [0.25, 0.3) is 10.9 Å². The van der Waals surface area contributed by atoms with E-state index in [1.807, 2.05) is 18.2 Å². The van der Waals surface area contributed by atoms with Crippen LogP contribution in [0, 0.1) is 0 Å². The van der Waals surface area contributed by atoms with Crippen molar-refractivity contribution in [2.75, 3.05) is 0 Å². The van der Waals surface area contributed by atoms with Crippen LogP contribution in [0.15, 0.2) is 50.9 Å². The summed E-state index contributed by atoms with van der Waals surface area (Å²) in [5.41, 5.74) is 8.43. The summed E-state index contributed by atoms with van der Waals surface area (Å²) in [5.74, 6) is 0. The van der Waals surface area contributed by atoms with E-state index in [1.54, 1.807) is 17.5 Å². The standard InChI is InChI=1S/C14H10Br2N2S/c15-10-7-12(19-14(10)16)13(17)9-3-4-11-8(6-9)2-1-5-18-11/h1-7,13H,17H2. The predicted octanol–water partition coefficient (Wildman–Crippen LogP) is 4.87. The van der Waals surface area contributed by atoms with Crippen LogP contribution in [0.2, 0.25) is 0 Å². The number of hydrogen-bond acceptors (Lipinski definition) is 3. The van der Waals surface area contributed by atoms with Gasteiger partial charge in [0.1, 0.15) is 0 Å². The number of halogens is 2. The molecule has 0 aliphatic carbocycles. The quantitative estimate of drug-likeness (QED) is 0.669. The molecule has 0 saturated carbocycles. The predicted molar refractivity (Wildman–Crippen MR) is 87.5 cm³/mol. The smallest absolute Gasteiger partial charge is 0.0843 e. The van der Waals surface area contributed by atoms with Gasteiger partial charge >= 0.3 is 0 Å². The second kappa shape index (κ2) is 5.32. The van der Waals surface area contributed by atoms with Crippen molar-refractivity contribution in [3.8, 4) is 0 Å². The van der Waals surface area contributed by atoms with Crippen LogP contribution in [0.1, 0.15) is 16.5 Å². The molecule has 2 N–H and O–H groups in total. The highest BCUT2D eigenvalue weighted by molar-refractivity contribution is 9.13. The van der Waals surface area contributed by atoms with Crippen LogP contribution >= 0.6 is 43.2 Å². The van der Waals surface area contributed by atoms with Gasteiger partial charge in [0.25, 0.3) is 0 Å². The lowest BCUT2D eigenvalue weighted by Gasteiger charge is -2.10. The minimum absolute atomic E-state index is 0.114. The van der Waals surface area contributed by atoms with Gasteiger partial charge in [0.2, 0.25) is 0 Å². The van der Waals surface area contributed by atoms with E-state index < -0.39 is 0 Å². The molecule has 2 nitrogen and oxygen atoms in total. The molecule has 0 bridgehead atoms. The normalized spacial score (nSPS) is 12.8. The van der Waals surface area contributed by atoms with Crippen molar-refractivity contribution in [3.63, 3.8) is 0 Å². The maximum absolute atomic E-state index is 6.34. The molecule has 3 aromatic rings. The van der Waals surface area contributed by atoms with Gasteiger partial charge in [-0.05, 0) is 61.7 Å². The molecule has 0 radical (unpaired) electrons.